The first kappa shape index (κ1) is 21.8. The molecule has 0 spiro atoms. The Morgan fingerprint density at radius 3 is 2.55 bits per heavy atom. The molecular weight excluding hydrogens is 453 g/mol. The first-order valence-corrected chi connectivity index (χ1v) is 10.8. The molecule has 2 amide bonds. The molecule has 10 heteroatoms. The van der Waals surface area contributed by atoms with Crippen LogP contribution in [0.1, 0.15) is 44.5 Å². The van der Waals surface area contributed by atoms with Crippen molar-refractivity contribution in [3.63, 3.8) is 0 Å². The van der Waals surface area contributed by atoms with Crippen LogP contribution in [0.5, 0.6) is 5.75 Å². The predicted molar refractivity (Wildman–Crippen MR) is 121 cm³/mol. The molecule has 1 aliphatic carbocycles. The molecule has 3 rings (SSSR count). The highest BCUT2D eigenvalue weighted by molar-refractivity contribution is 7.80. The SMILES string of the molecule is COc1c(Cl)cc(C(=O)NC(=S)Nc2sc3c(c2C(N)=O)CC[C@H](C)C3)cc1Cl. The van der Waals surface area contributed by atoms with Gasteiger partial charge in [0.15, 0.2) is 10.9 Å². The highest BCUT2D eigenvalue weighted by atomic mass is 35.5. The number of rotatable bonds is 4. The number of fused-ring (bicyclic) bond motifs is 1. The van der Waals surface area contributed by atoms with E-state index in [1.807, 2.05) is 0 Å². The van der Waals surface area contributed by atoms with Crippen molar-refractivity contribution in [2.75, 3.05) is 12.4 Å². The second kappa shape index (κ2) is 8.87. The number of carbonyl (C=O) groups is 2. The van der Waals surface area contributed by atoms with Gasteiger partial charge in [-0.25, -0.2) is 0 Å². The van der Waals surface area contributed by atoms with Gasteiger partial charge < -0.3 is 15.8 Å². The number of nitrogens with one attached hydrogen (secondary N) is 2. The second-order valence-electron chi connectivity index (χ2n) is 6.80. The highest BCUT2D eigenvalue weighted by Gasteiger charge is 2.27. The molecular formula is C19H19Cl2N3O3S2. The second-order valence-corrected chi connectivity index (χ2v) is 9.13. The molecule has 154 valence electrons. The van der Waals surface area contributed by atoms with E-state index in [0.717, 1.165) is 29.7 Å². The molecule has 0 radical (unpaired) electrons. The summed E-state index contributed by atoms with van der Waals surface area (Å²) < 4.78 is 5.08. The molecule has 29 heavy (non-hydrogen) atoms. The van der Waals surface area contributed by atoms with Crippen molar-refractivity contribution in [3.8, 4) is 5.75 Å². The van der Waals surface area contributed by atoms with E-state index in [0.29, 0.717) is 16.5 Å². The minimum Gasteiger partial charge on any atom is -0.494 e. The number of hydrogen-bond donors (Lipinski definition) is 3. The molecule has 1 aromatic carbocycles. The van der Waals surface area contributed by atoms with E-state index in [2.05, 4.69) is 17.6 Å². The van der Waals surface area contributed by atoms with Crippen LogP contribution in [-0.2, 0) is 12.8 Å². The smallest absolute Gasteiger partial charge is 0.257 e. The molecule has 1 atom stereocenters. The molecule has 1 aromatic heterocycles. The topological polar surface area (TPSA) is 93.4 Å². The zero-order chi connectivity index (χ0) is 21.3. The van der Waals surface area contributed by atoms with Crippen LogP contribution in [0.25, 0.3) is 0 Å². The van der Waals surface area contributed by atoms with Gasteiger partial charge in [-0.2, -0.15) is 0 Å². The van der Waals surface area contributed by atoms with E-state index in [4.69, 9.17) is 45.9 Å². The van der Waals surface area contributed by atoms with Crippen LogP contribution in [-0.4, -0.2) is 24.0 Å². The molecule has 4 N–H and O–H groups in total. The van der Waals surface area contributed by atoms with Gasteiger partial charge in [0, 0.05) is 10.4 Å². The summed E-state index contributed by atoms with van der Waals surface area (Å²) >= 11 is 18.9. The minimum absolute atomic E-state index is 0.0483. The van der Waals surface area contributed by atoms with Crippen LogP contribution in [0.3, 0.4) is 0 Å². The van der Waals surface area contributed by atoms with Crippen molar-refractivity contribution in [3.05, 3.63) is 43.7 Å². The number of nitrogens with two attached hydrogens (primary N) is 1. The van der Waals surface area contributed by atoms with Crippen LogP contribution < -0.4 is 21.1 Å². The fourth-order valence-electron chi connectivity index (χ4n) is 3.30. The van der Waals surface area contributed by atoms with Crippen molar-refractivity contribution < 1.29 is 14.3 Å². The average Bonchev–Trinajstić information content (AvgIpc) is 2.97. The van der Waals surface area contributed by atoms with Gasteiger partial charge in [-0.1, -0.05) is 30.1 Å². The van der Waals surface area contributed by atoms with E-state index in [1.165, 1.54) is 30.6 Å². The number of primary amides is 1. The molecule has 2 aromatic rings. The Morgan fingerprint density at radius 2 is 1.97 bits per heavy atom. The number of thiocarbonyl (C=S) groups is 1. The van der Waals surface area contributed by atoms with Crippen LogP contribution in [0.4, 0.5) is 5.00 Å². The molecule has 6 nitrogen and oxygen atoms in total. The molecule has 1 aliphatic rings. The number of amides is 2. The van der Waals surface area contributed by atoms with Gasteiger partial charge in [-0.15, -0.1) is 11.3 Å². The summed E-state index contributed by atoms with van der Waals surface area (Å²) in [6.45, 7) is 2.18. The van der Waals surface area contributed by atoms with E-state index in [9.17, 15) is 9.59 Å². The summed E-state index contributed by atoms with van der Waals surface area (Å²) in [5.74, 6) is -0.173. The zero-order valence-electron chi connectivity index (χ0n) is 15.7. The van der Waals surface area contributed by atoms with E-state index >= 15 is 0 Å². The van der Waals surface area contributed by atoms with Gasteiger partial charge in [-0.3, -0.25) is 14.9 Å². The Morgan fingerprint density at radius 1 is 1.31 bits per heavy atom. The lowest BCUT2D eigenvalue weighted by molar-refractivity contribution is 0.0975. The molecule has 0 fully saturated rings. The minimum atomic E-state index is -0.512. The normalized spacial score (nSPS) is 15.4. The molecule has 1 heterocycles. The predicted octanol–water partition coefficient (Wildman–Crippen LogP) is 4.41. The van der Waals surface area contributed by atoms with Crippen molar-refractivity contribution in [1.82, 2.24) is 5.32 Å². The van der Waals surface area contributed by atoms with E-state index in [1.54, 1.807) is 0 Å². The Kier molecular flexibility index (Phi) is 6.68. The lowest BCUT2D eigenvalue weighted by Gasteiger charge is -2.18. The lowest BCUT2D eigenvalue weighted by Crippen LogP contribution is -2.34. The number of anilines is 1. The summed E-state index contributed by atoms with van der Waals surface area (Å²) in [7, 11) is 1.43. The Hall–Kier alpha value is -1.87. The number of thiophene rings is 1. The summed E-state index contributed by atoms with van der Waals surface area (Å²) in [5, 5.41) is 6.53. The number of halogens is 2. The maximum atomic E-state index is 12.5. The van der Waals surface area contributed by atoms with Gasteiger partial charge in [0.05, 0.1) is 22.7 Å². The summed E-state index contributed by atoms with van der Waals surface area (Å²) in [6.07, 6.45) is 2.70. The molecule has 0 saturated carbocycles. The third-order valence-electron chi connectivity index (χ3n) is 4.68. The Balaban J connectivity index is 1.78. The fourth-order valence-corrected chi connectivity index (χ4v) is 5.62. The largest absolute Gasteiger partial charge is 0.494 e. The van der Waals surface area contributed by atoms with Crippen molar-refractivity contribution >= 4 is 68.7 Å². The number of carbonyl (C=O) groups excluding carboxylic acids is 2. The summed E-state index contributed by atoms with van der Waals surface area (Å²) in [4.78, 5) is 25.7. The molecule has 0 unspecified atom stereocenters. The van der Waals surface area contributed by atoms with Gasteiger partial charge in [0.1, 0.15) is 5.00 Å². The first-order chi connectivity index (χ1) is 13.7. The molecule has 0 aliphatic heterocycles. The summed E-state index contributed by atoms with van der Waals surface area (Å²) in [5.41, 5.74) is 7.25. The quantitative estimate of drug-likeness (QED) is 0.573. The number of hydrogen-bond acceptors (Lipinski definition) is 5. The Labute approximate surface area is 187 Å². The molecule has 0 saturated heterocycles. The number of ether oxygens (including phenoxy) is 1. The van der Waals surface area contributed by atoms with E-state index in [-0.39, 0.29) is 26.5 Å². The van der Waals surface area contributed by atoms with E-state index < -0.39 is 11.8 Å². The van der Waals surface area contributed by atoms with Crippen molar-refractivity contribution in [1.29, 1.82) is 0 Å². The average molecular weight is 472 g/mol. The van der Waals surface area contributed by atoms with Gasteiger partial charge >= 0.3 is 0 Å². The van der Waals surface area contributed by atoms with Crippen molar-refractivity contribution in [2.45, 2.75) is 26.2 Å². The van der Waals surface area contributed by atoms with Gasteiger partial charge in [-0.05, 0) is 55.1 Å². The van der Waals surface area contributed by atoms with Gasteiger partial charge in [0.25, 0.3) is 11.8 Å². The molecule has 0 bridgehead atoms. The Bertz CT molecular complexity index is 984. The van der Waals surface area contributed by atoms with Crippen LogP contribution >= 0.6 is 46.8 Å². The number of benzene rings is 1. The van der Waals surface area contributed by atoms with Crippen LogP contribution in [0, 0.1) is 5.92 Å². The highest BCUT2D eigenvalue weighted by Crippen LogP contribution is 2.39. The maximum absolute atomic E-state index is 12.5. The number of methoxy groups -OCH3 is 1. The fraction of sp³-hybridized carbons (Fsp3) is 0.316. The van der Waals surface area contributed by atoms with Crippen molar-refractivity contribution in [2.24, 2.45) is 11.7 Å². The summed E-state index contributed by atoms with van der Waals surface area (Å²) in [6, 6.07) is 2.87. The third kappa shape index (κ3) is 4.66. The lowest BCUT2D eigenvalue weighted by atomic mass is 9.88. The maximum Gasteiger partial charge on any atom is 0.257 e. The first-order valence-electron chi connectivity index (χ1n) is 8.81. The zero-order valence-corrected chi connectivity index (χ0v) is 18.9. The monoisotopic (exact) mass is 471 g/mol. The van der Waals surface area contributed by atoms with Crippen LogP contribution in [0.15, 0.2) is 12.1 Å². The third-order valence-corrected chi connectivity index (χ3v) is 6.61. The van der Waals surface area contributed by atoms with Crippen LogP contribution in [0.2, 0.25) is 10.0 Å². The van der Waals surface area contributed by atoms with Gasteiger partial charge in [0.2, 0.25) is 0 Å². The standard InChI is InChI=1S/C19H19Cl2N3O3S2/c1-8-3-4-10-13(5-8)29-18(14(10)16(22)25)24-19(28)23-17(26)9-6-11(20)15(27-2)12(21)7-9/h6-8H,3-5H2,1-2H3,(H2,22,25)(H2,23,24,26,28)/t8-/m0/s1.